The SMILES string of the molecule is Nc1cccc(C(=O)Nc2ccnc(Cl)n2)c1O. The van der Waals surface area contributed by atoms with Gasteiger partial charge in [0.05, 0.1) is 11.3 Å². The number of nitrogens with zero attached hydrogens (tertiary/aromatic N) is 2. The molecule has 6 nitrogen and oxygen atoms in total. The topological polar surface area (TPSA) is 101 Å². The maximum Gasteiger partial charge on any atom is 0.260 e. The van der Waals surface area contributed by atoms with Gasteiger partial charge < -0.3 is 16.2 Å². The third-order valence-electron chi connectivity index (χ3n) is 2.18. The first kappa shape index (κ1) is 12.1. The molecule has 0 saturated carbocycles. The van der Waals surface area contributed by atoms with Crippen molar-refractivity contribution in [2.24, 2.45) is 0 Å². The van der Waals surface area contributed by atoms with Crippen LogP contribution in [0.4, 0.5) is 11.5 Å². The first-order valence-corrected chi connectivity index (χ1v) is 5.33. The first-order chi connectivity index (χ1) is 8.58. The molecule has 1 aromatic carbocycles. The van der Waals surface area contributed by atoms with Gasteiger partial charge in [0.2, 0.25) is 5.28 Å². The fourth-order valence-electron chi connectivity index (χ4n) is 1.33. The van der Waals surface area contributed by atoms with E-state index >= 15 is 0 Å². The van der Waals surface area contributed by atoms with E-state index < -0.39 is 5.91 Å². The van der Waals surface area contributed by atoms with Crippen molar-refractivity contribution in [3.8, 4) is 5.75 Å². The van der Waals surface area contributed by atoms with Crippen LogP contribution in [0.2, 0.25) is 5.28 Å². The highest BCUT2D eigenvalue weighted by molar-refractivity contribution is 6.28. The van der Waals surface area contributed by atoms with E-state index in [2.05, 4.69) is 15.3 Å². The number of hydrogen-bond acceptors (Lipinski definition) is 5. The van der Waals surface area contributed by atoms with E-state index in [-0.39, 0.29) is 28.1 Å². The zero-order chi connectivity index (χ0) is 13.1. The van der Waals surface area contributed by atoms with Gasteiger partial charge in [-0.15, -0.1) is 0 Å². The molecule has 0 aliphatic carbocycles. The van der Waals surface area contributed by atoms with Crippen molar-refractivity contribution in [1.29, 1.82) is 0 Å². The molecule has 1 amide bonds. The Balaban J connectivity index is 2.25. The number of amides is 1. The number of nitrogens with one attached hydrogen (secondary N) is 1. The third kappa shape index (κ3) is 2.49. The molecule has 2 aromatic rings. The number of carbonyl (C=O) groups is 1. The predicted octanol–water partition coefficient (Wildman–Crippen LogP) is 1.67. The Hall–Kier alpha value is -2.34. The number of nitrogen functional groups attached to an aromatic ring is 1. The second kappa shape index (κ2) is 4.89. The van der Waals surface area contributed by atoms with Crippen LogP contribution in [0, 0.1) is 0 Å². The molecular weight excluding hydrogens is 256 g/mol. The number of carbonyl (C=O) groups excluding carboxylic acids is 1. The van der Waals surface area contributed by atoms with Gasteiger partial charge in [0, 0.05) is 6.20 Å². The summed E-state index contributed by atoms with van der Waals surface area (Å²) in [6.07, 6.45) is 1.41. The molecule has 1 heterocycles. The summed E-state index contributed by atoms with van der Waals surface area (Å²) in [5.41, 5.74) is 5.69. The van der Waals surface area contributed by atoms with E-state index in [0.29, 0.717) is 0 Å². The van der Waals surface area contributed by atoms with Crippen molar-refractivity contribution in [3.63, 3.8) is 0 Å². The molecule has 0 aliphatic heterocycles. The van der Waals surface area contributed by atoms with E-state index in [4.69, 9.17) is 17.3 Å². The lowest BCUT2D eigenvalue weighted by atomic mass is 10.1. The highest BCUT2D eigenvalue weighted by Crippen LogP contribution is 2.24. The average Bonchev–Trinajstić information content (AvgIpc) is 2.32. The van der Waals surface area contributed by atoms with Gasteiger partial charge in [-0.25, -0.2) is 9.97 Å². The lowest BCUT2D eigenvalue weighted by Crippen LogP contribution is -2.13. The van der Waals surface area contributed by atoms with E-state index in [1.54, 1.807) is 6.07 Å². The summed E-state index contributed by atoms with van der Waals surface area (Å²) < 4.78 is 0. The molecule has 1 aromatic heterocycles. The number of aromatic nitrogens is 2. The lowest BCUT2D eigenvalue weighted by Gasteiger charge is -2.07. The molecule has 0 fully saturated rings. The second-order valence-corrected chi connectivity index (χ2v) is 3.75. The summed E-state index contributed by atoms with van der Waals surface area (Å²) in [7, 11) is 0. The Labute approximate surface area is 107 Å². The number of halogens is 1. The van der Waals surface area contributed by atoms with Gasteiger partial charge in [0.15, 0.2) is 5.75 Å². The summed E-state index contributed by atoms with van der Waals surface area (Å²) >= 11 is 5.59. The van der Waals surface area contributed by atoms with Gasteiger partial charge >= 0.3 is 0 Å². The molecule has 0 radical (unpaired) electrons. The quantitative estimate of drug-likeness (QED) is 0.435. The Morgan fingerprint density at radius 1 is 1.39 bits per heavy atom. The number of para-hydroxylation sites is 1. The van der Waals surface area contributed by atoms with Crippen molar-refractivity contribution >= 4 is 29.0 Å². The molecule has 7 heteroatoms. The fraction of sp³-hybridized carbons (Fsp3) is 0. The number of anilines is 2. The Morgan fingerprint density at radius 2 is 2.17 bits per heavy atom. The molecule has 0 aliphatic rings. The highest BCUT2D eigenvalue weighted by atomic mass is 35.5. The molecule has 4 N–H and O–H groups in total. The van der Waals surface area contributed by atoms with Crippen molar-refractivity contribution in [1.82, 2.24) is 9.97 Å². The lowest BCUT2D eigenvalue weighted by molar-refractivity contribution is 0.102. The van der Waals surface area contributed by atoms with Gasteiger partial charge in [0.25, 0.3) is 5.91 Å². The van der Waals surface area contributed by atoms with Crippen LogP contribution in [-0.4, -0.2) is 21.0 Å². The largest absolute Gasteiger partial charge is 0.505 e. The second-order valence-electron chi connectivity index (χ2n) is 3.41. The van der Waals surface area contributed by atoms with Gasteiger partial charge in [-0.2, -0.15) is 0 Å². The number of phenols is 1. The summed E-state index contributed by atoms with van der Waals surface area (Å²) in [5.74, 6) is -0.563. The summed E-state index contributed by atoms with van der Waals surface area (Å²) in [6.45, 7) is 0. The smallest absolute Gasteiger partial charge is 0.260 e. The van der Waals surface area contributed by atoms with Crippen LogP contribution in [0.3, 0.4) is 0 Å². The van der Waals surface area contributed by atoms with Gasteiger partial charge in [-0.3, -0.25) is 4.79 Å². The normalized spacial score (nSPS) is 10.1. The van der Waals surface area contributed by atoms with Gasteiger partial charge in [-0.1, -0.05) is 6.07 Å². The minimum atomic E-state index is -0.533. The average molecular weight is 265 g/mol. The Bertz CT molecular complexity index is 603. The van der Waals surface area contributed by atoms with Gasteiger partial charge in [0.1, 0.15) is 5.82 Å². The van der Waals surface area contributed by atoms with Crippen molar-refractivity contribution in [2.45, 2.75) is 0 Å². The van der Waals surface area contributed by atoms with Crippen molar-refractivity contribution < 1.29 is 9.90 Å². The minimum Gasteiger partial charge on any atom is -0.505 e. The molecule has 0 spiro atoms. The van der Waals surface area contributed by atoms with Crippen LogP contribution in [0.1, 0.15) is 10.4 Å². The molecule has 0 bridgehead atoms. The zero-order valence-electron chi connectivity index (χ0n) is 9.09. The summed E-state index contributed by atoms with van der Waals surface area (Å²) in [5, 5.41) is 12.2. The molecule has 0 unspecified atom stereocenters. The van der Waals surface area contributed by atoms with E-state index in [0.717, 1.165) is 0 Å². The van der Waals surface area contributed by atoms with Crippen LogP contribution in [0.25, 0.3) is 0 Å². The maximum atomic E-state index is 11.9. The predicted molar refractivity (Wildman–Crippen MR) is 67.5 cm³/mol. The zero-order valence-corrected chi connectivity index (χ0v) is 9.85. The summed E-state index contributed by atoms with van der Waals surface area (Å²) in [6, 6.07) is 5.99. The first-order valence-electron chi connectivity index (χ1n) is 4.95. The van der Waals surface area contributed by atoms with Crippen LogP contribution in [0.5, 0.6) is 5.75 Å². The third-order valence-corrected chi connectivity index (χ3v) is 2.36. The summed E-state index contributed by atoms with van der Waals surface area (Å²) in [4.78, 5) is 19.4. The van der Waals surface area contributed by atoms with Crippen LogP contribution in [0.15, 0.2) is 30.5 Å². The molecule has 2 rings (SSSR count). The Morgan fingerprint density at radius 3 is 2.89 bits per heavy atom. The fourth-order valence-corrected chi connectivity index (χ4v) is 1.48. The number of benzene rings is 1. The number of nitrogens with two attached hydrogens (primary N) is 1. The van der Waals surface area contributed by atoms with E-state index in [1.165, 1.54) is 24.4 Å². The standard InChI is InChI=1S/C11H9ClN4O2/c12-11-14-5-4-8(16-11)15-10(18)6-2-1-3-7(13)9(6)17/h1-5,17H,13H2,(H,14,15,16,18). The van der Waals surface area contributed by atoms with Crippen LogP contribution >= 0.6 is 11.6 Å². The molecular formula is C11H9ClN4O2. The maximum absolute atomic E-state index is 11.9. The van der Waals surface area contributed by atoms with Crippen LogP contribution in [-0.2, 0) is 0 Å². The molecule has 18 heavy (non-hydrogen) atoms. The number of rotatable bonds is 2. The Kier molecular flexibility index (Phi) is 3.29. The number of hydrogen-bond donors (Lipinski definition) is 3. The number of aromatic hydroxyl groups is 1. The van der Waals surface area contributed by atoms with Gasteiger partial charge in [-0.05, 0) is 29.8 Å². The van der Waals surface area contributed by atoms with Crippen LogP contribution < -0.4 is 11.1 Å². The molecule has 0 atom stereocenters. The number of phenolic OH excluding ortho intramolecular Hbond substituents is 1. The molecule has 0 saturated heterocycles. The van der Waals surface area contributed by atoms with E-state index in [9.17, 15) is 9.90 Å². The van der Waals surface area contributed by atoms with E-state index in [1.807, 2.05) is 0 Å². The highest BCUT2D eigenvalue weighted by Gasteiger charge is 2.13. The monoisotopic (exact) mass is 264 g/mol. The van der Waals surface area contributed by atoms with Crippen molar-refractivity contribution in [2.75, 3.05) is 11.1 Å². The minimum absolute atomic E-state index is 0.0181. The van der Waals surface area contributed by atoms with Crippen molar-refractivity contribution in [3.05, 3.63) is 41.3 Å². The molecule has 92 valence electrons.